The Morgan fingerprint density at radius 1 is 1.33 bits per heavy atom. The van der Waals surface area contributed by atoms with Crippen molar-refractivity contribution in [3.8, 4) is 0 Å². The van der Waals surface area contributed by atoms with Crippen molar-refractivity contribution >= 4 is 15.9 Å². The van der Waals surface area contributed by atoms with Crippen molar-refractivity contribution in [2.75, 3.05) is 19.3 Å². The number of likely N-dealkylation sites (tertiary alicyclic amines) is 1. The van der Waals surface area contributed by atoms with E-state index in [0.29, 0.717) is 12.1 Å². The number of sulfonamides is 1. The number of benzene rings is 1. The Balaban J connectivity index is 2.19. The summed E-state index contributed by atoms with van der Waals surface area (Å²) in [5, 5.41) is 0. The zero-order valence-electron chi connectivity index (χ0n) is 12.7. The van der Waals surface area contributed by atoms with Crippen LogP contribution in [-0.4, -0.2) is 44.6 Å². The number of hydrogen-bond acceptors (Lipinski definition) is 3. The molecular formula is C15H22N2O3S. The second-order valence-electron chi connectivity index (χ2n) is 5.58. The highest BCUT2D eigenvalue weighted by Gasteiger charge is 2.32. The molecule has 116 valence electrons. The van der Waals surface area contributed by atoms with Crippen LogP contribution in [0.25, 0.3) is 0 Å². The van der Waals surface area contributed by atoms with E-state index in [9.17, 15) is 13.2 Å². The van der Waals surface area contributed by atoms with Gasteiger partial charge in [-0.1, -0.05) is 6.07 Å². The van der Waals surface area contributed by atoms with Crippen LogP contribution in [0.15, 0.2) is 18.2 Å². The van der Waals surface area contributed by atoms with Crippen molar-refractivity contribution in [2.45, 2.75) is 32.7 Å². The second-order valence-corrected chi connectivity index (χ2v) is 7.55. The standard InChI is InChI=1S/C15H22N2O3S/c1-11-6-7-13(9-12(11)2)15(18)17-8-4-5-14(17)10-21(19,20)16-3/h6-7,9,14,16H,4-5,8,10H2,1-3H3/t14-/m0/s1. The lowest BCUT2D eigenvalue weighted by atomic mass is 10.1. The minimum absolute atomic E-state index is 0.0277. The van der Waals surface area contributed by atoms with E-state index in [4.69, 9.17) is 0 Å². The van der Waals surface area contributed by atoms with Gasteiger partial charge in [0.1, 0.15) is 0 Å². The number of amides is 1. The molecule has 1 amide bonds. The largest absolute Gasteiger partial charge is 0.335 e. The molecule has 1 N–H and O–H groups in total. The van der Waals surface area contributed by atoms with E-state index in [2.05, 4.69) is 4.72 Å². The average molecular weight is 310 g/mol. The van der Waals surface area contributed by atoms with Gasteiger partial charge >= 0.3 is 0 Å². The Morgan fingerprint density at radius 2 is 2.05 bits per heavy atom. The number of hydrogen-bond donors (Lipinski definition) is 1. The Labute approximate surface area is 126 Å². The van der Waals surface area contributed by atoms with E-state index < -0.39 is 10.0 Å². The molecule has 1 aromatic carbocycles. The zero-order valence-corrected chi connectivity index (χ0v) is 13.5. The third kappa shape index (κ3) is 3.63. The Kier molecular flexibility index (Phi) is 4.68. The number of nitrogens with zero attached hydrogens (tertiary/aromatic N) is 1. The highest BCUT2D eigenvalue weighted by Crippen LogP contribution is 2.22. The molecule has 1 aliphatic heterocycles. The molecule has 0 bridgehead atoms. The Hall–Kier alpha value is -1.40. The number of carbonyl (C=O) groups is 1. The fraction of sp³-hybridized carbons (Fsp3) is 0.533. The van der Waals surface area contributed by atoms with Crippen LogP contribution in [-0.2, 0) is 10.0 Å². The summed E-state index contributed by atoms with van der Waals surface area (Å²) in [7, 11) is -1.91. The highest BCUT2D eigenvalue weighted by molar-refractivity contribution is 7.89. The van der Waals surface area contributed by atoms with Crippen molar-refractivity contribution in [2.24, 2.45) is 0 Å². The monoisotopic (exact) mass is 310 g/mol. The topological polar surface area (TPSA) is 66.5 Å². The fourth-order valence-electron chi connectivity index (χ4n) is 2.65. The first kappa shape index (κ1) is 16.0. The number of aryl methyl sites for hydroxylation is 2. The summed E-state index contributed by atoms with van der Waals surface area (Å²) in [5.41, 5.74) is 2.84. The average Bonchev–Trinajstić information content (AvgIpc) is 2.88. The molecule has 0 aromatic heterocycles. The summed E-state index contributed by atoms with van der Waals surface area (Å²) in [4.78, 5) is 14.3. The van der Waals surface area contributed by atoms with Crippen LogP contribution in [0, 0.1) is 13.8 Å². The summed E-state index contributed by atoms with van der Waals surface area (Å²) in [5.74, 6) is -0.105. The number of carbonyl (C=O) groups excluding carboxylic acids is 1. The highest BCUT2D eigenvalue weighted by atomic mass is 32.2. The zero-order chi connectivity index (χ0) is 15.6. The lowest BCUT2D eigenvalue weighted by Crippen LogP contribution is -2.41. The molecule has 0 spiro atoms. The summed E-state index contributed by atoms with van der Waals surface area (Å²) < 4.78 is 25.7. The van der Waals surface area contributed by atoms with Gasteiger partial charge in [-0.3, -0.25) is 4.79 Å². The smallest absolute Gasteiger partial charge is 0.254 e. The lowest BCUT2D eigenvalue weighted by Gasteiger charge is -2.24. The van der Waals surface area contributed by atoms with Gasteiger partial charge in [-0.25, -0.2) is 13.1 Å². The maximum atomic E-state index is 12.6. The molecule has 1 fully saturated rings. The van der Waals surface area contributed by atoms with Gasteiger partial charge < -0.3 is 4.90 Å². The maximum absolute atomic E-state index is 12.6. The van der Waals surface area contributed by atoms with Gasteiger partial charge in [0.15, 0.2) is 0 Å². The van der Waals surface area contributed by atoms with E-state index in [-0.39, 0.29) is 17.7 Å². The van der Waals surface area contributed by atoms with Crippen molar-refractivity contribution in [1.29, 1.82) is 0 Å². The first-order valence-corrected chi connectivity index (χ1v) is 8.79. The van der Waals surface area contributed by atoms with Crippen LogP contribution in [0.3, 0.4) is 0 Å². The molecule has 0 radical (unpaired) electrons. The molecule has 2 rings (SSSR count). The van der Waals surface area contributed by atoms with Gasteiger partial charge in [-0.2, -0.15) is 0 Å². The van der Waals surface area contributed by atoms with Crippen LogP contribution in [0.2, 0.25) is 0 Å². The minimum Gasteiger partial charge on any atom is -0.335 e. The Bertz CT molecular complexity index is 640. The first-order chi connectivity index (χ1) is 9.84. The molecule has 5 nitrogen and oxygen atoms in total. The van der Waals surface area contributed by atoms with E-state index in [1.54, 1.807) is 4.90 Å². The molecule has 0 aliphatic carbocycles. The van der Waals surface area contributed by atoms with Crippen LogP contribution in [0.5, 0.6) is 0 Å². The molecule has 1 atom stereocenters. The Morgan fingerprint density at radius 3 is 2.67 bits per heavy atom. The lowest BCUT2D eigenvalue weighted by molar-refractivity contribution is 0.0749. The molecule has 1 heterocycles. The fourth-order valence-corrected chi connectivity index (χ4v) is 3.67. The van der Waals surface area contributed by atoms with Crippen LogP contribution >= 0.6 is 0 Å². The number of rotatable bonds is 4. The van der Waals surface area contributed by atoms with Gasteiger partial charge in [-0.15, -0.1) is 0 Å². The van der Waals surface area contributed by atoms with Gasteiger partial charge in [0.25, 0.3) is 5.91 Å². The van der Waals surface area contributed by atoms with Crippen LogP contribution in [0.4, 0.5) is 0 Å². The van der Waals surface area contributed by atoms with Crippen LogP contribution in [0.1, 0.15) is 34.3 Å². The molecule has 1 aliphatic rings. The molecule has 6 heteroatoms. The summed E-state index contributed by atoms with van der Waals surface area (Å²) >= 11 is 0. The third-order valence-electron chi connectivity index (χ3n) is 4.11. The molecule has 0 unspecified atom stereocenters. The SMILES string of the molecule is CNS(=O)(=O)C[C@@H]1CCCN1C(=O)c1ccc(C)c(C)c1. The predicted molar refractivity (Wildman–Crippen MR) is 82.8 cm³/mol. The van der Waals surface area contributed by atoms with Gasteiger partial charge in [-0.05, 0) is 57.0 Å². The summed E-state index contributed by atoms with van der Waals surface area (Å²) in [6, 6.07) is 5.38. The van der Waals surface area contributed by atoms with Crippen molar-refractivity contribution in [3.63, 3.8) is 0 Å². The van der Waals surface area contributed by atoms with E-state index in [1.165, 1.54) is 7.05 Å². The summed E-state index contributed by atoms with van der Waals surface area (Å²) in [6.45, 7) is 4.59. The molecular weight excluding hydrogens is 288 g/mol. The van der Waals surface area contributed by atoms with Crippen molar-refractivity contribution < 1.29 is 13.2 Å². The van der Waals surface area contributed by atoms with Crippen molar-refractivity contribution in [3.05, 3.63) is 34.9 Å². The second kappa shape index (κ2) is 6.15. The van der Waals surface area contributed by atoms with E-state index in [1.807, 2.05) is 32.0 Å². The third-order valence-corrected chi connectivity index (χ3v) is 5.56. The van der Waals surface area contributed by atoms with E-state index in [0.717, 1.165) is 24.0 Å². The van der Waals surface area contributed by atoms with Gasteiger partial charge in [0, 0.05) is 18.2 Å². The molecule has 1 saturated heterocycles. The van der Waals surface area contributed by atoms with Crippen molar-refractivity contribution in [1.82, 2.24) is 9.62 Å². The maximum Gasteiger partial charge on any atom is 0.254 e. The minimum atomic E-state index is -3.31. The predicted octanol–water partition coefficient (Wildman–Crippen LogP) is 1.46. The molecule has 21 heavy (non-hydrogen) atoms. The van der Waals surface area contributed by atoms with Gasteiger partial charge in [0.2, 0.25) is 10.0 Å². The summed E-state index contributed by atoms with van der Waals surface area (Å²) in [6.07, 6.45) is 1.58. The van der Waals surface area contributed by atoms with Crippen LogP contribution < -0.4 is 4.72 Å². The normalized spacial score (nSPS) is 19.0. The molecule has 0 saturated carbocycles. The first-order valence-electron chi connectivity index (χ1n) is 7.13. The van der Waals surface area contributed by atoms with Gasteiger partial charge in [0.05, 0.1) is 5.75 Å². The molecule has 1 aromatic rings. The number of nitrogens with one attached hydrogen (secondary N) is 1. The van der Waals surface area contributed by atoms with E-state index >= 15 is 0 Å². The quantitative estimate of drug-likeness (QED) is 0.915.